The summed E-state index contributed by atoms with van der Waals surface area (Å²) in [6.07, 6.45) is 2.21. The number of amides is 1. The Balaban J connectivity index is 1.98. The minimum atomic E-state index is 0.0190. The van der Waals surface area contributed by atoms with Gasteiger partial charge in [-0.05, 0) is 47.1 Å². The van der Waals surface area contributed by atoms with Crippen LogP contribution in [-0.4, -0.2) is 98.1 Å². The Morgan fingerprint density at radius 1 is 1.29 bits per heavy atom. The predicted octanol–water partition coefficient (Wildman–Crippen LogP) is 0.176. The van der Waals surface area contributed by atoms with Gasteiger partial charge in [0.05, 0.1) is 6.04 Å². The molecule has 2 saturated heterocycles. The molecule has 0 bridgehead atoms. The van der Waals surface area contributed by atoms with Crippen molar-refractivity contribution in [3.05, 3.63) is 0 Å². The van der Waals surface area contributed by atoms with Gasteiger partial charge in [0.1, 0.15) is 0 Å². The molecular weight excluding hydrogens is 284 g/mol. The molecule has 2 rings (SSSR count). The van der Waals surface area contributed by atoms with Gasteiger partial charge in [-0.15, -0.1) is 0 Å². The number of carbonyl (C=O) groups is 1. The smallest absolute Gasteiger partial charge is 0.240 e. The molecule has 0 saturated carbocycles. The molecule has 21 heavy (non-hydrogen) atoms. The number of rotatable bonds is 5. The van der Waals surface area contributed by atoms with Crippen LogP contribution < -0.4 is 5.32 Å². The van der Waals surface area contributed by atoms with E-state index in [1.54, 1.807) is 0 Å². The maximum atomic E-state index is 12.9. The fourth-order valence-electron chi connectivity index (χ4n) is 3.01. The summed E-state index contributed by atoms with van der Waals surface area (Å²) < 4.78 is 0. The summed E-state index contributed by atoms with van der Waals surface area (Å²) in [5.41, 5.74) is 0. The van der Waals surface area contributed by atoms with Crippen molar-refractivity contribution in [1.82, 2.24) is 20.0 Å². The Hall–Kier alpha value is -0.300. The Labute approximate surface area is 133 Å². The fourth-order valence-corrected chi connectivity index (χ4v) is 3.94. The van der Waals surface area contributed by atoms with Gasteiger partial charge >= 0.3 is 0 Å². The molecule has 0 aliphatic carbocycles. The second-order valence-corrected chi connectivity index (χ2v) is 7.60. The summed E-state index contributed by atoms with van der Waals surface area (Å²) in [5, 5.41) is 3.40. The van der Waals surface area contributed by atoms with Gasteiger partial charge in [-0.3, -0.25) is 4.79 Å². The third kappa shape index (κ3) is 5.13. The number of hydrogen-bond donors (Lipinski definition) is 1. The van der Waals surface area contributed by atoms with Gasteiger partial charge < -0.3 is 20.0 Å². The van der Waals surface area contributed by atoms with Crippen LogP contribution in [0.25, 0.3) is 0 Å². The Bertz CT molecular complexity index is 326. The molecule has 2 fully saturated rings. The molecule has 6 heteroatoms. The number of carbonyl (C=O) groups excluding carboxylic acids is 1. The van der Waals surface area contributed by atoms with Crippen LogP contribution in [0.4, 0.5) is 0 Å². The van der Waals surface area contributed by atoms with Gasteiger partial charge in [-0.1, -0.05) is 0 Å². The van der Waals surface area contributed by atoms with Gasteiger partial charge in [0.25, 0.3) is 0 Å². The van der Waals surface area contributed by atoms with Crippen molar-refractivity contribution in [3.63, 3.8) is 0 Å². The standard InChI is InChI=1S/C15H30N4OS/c1-17(2)9-10-19(13-4-7-18(3)8-5-13)15(20)14-12-21-11-6-16-14/h13-14,16H,4-12H2,1-3H3. The lowest BCUT2D eigenvalue weighted by atomic mass is 10.0. The second-order valence-electron chi connectivity index (χ2n) is 6.45. The first-order valence-corrected chi connectivity index (χ1v) is 9.18. The van der Waals surface area contributed by atoms with E-state index in [1.807, 2.05) is 11.8 Å². The molecule has 5 nitrogen and oxygen atoms in total. The van der Waals surface area contributed by atoms with Crippen LogP contribution >= 0.6 is 11.8 Å². The van der Waals surface area contributed by atoms with Crippen LogP contribution in [0, 0.1) is 0 Å². The van der Waals surface area contributed by atoms with Gasteiger partial charge in [0, 0.05) is 37.2 Å². The molecule has 1 unspecified atom stereocenters. The van der Waals surface area contributed by atoms with Crippen molar-refractivity contribution in [2.45, 2.75) is 24.9 Å². The number of piperidine rings is 1. The van der Waals surface area contributed by atoms with Crippen LogP contribution in [0.15, 0.2) is 0 Å². The normalized spacial score (nSPS) is 25.2. The quantitative estimate of drug-likeness (QED) is 0.783. The van der Waals surface area contributed by atoms with Crippen molar-refractivity contribution in [2.24, 2.45) is 0 Å². The molecule has 122 valence electrons. The molecule has 0 aromatic heterocycles. The molecule has 2 aliphatic heterocycles. The second kappa shape index (κ2) is 8.36. The molecule has 0 radical (unpaired) electrons. The molecule has 0 spiro atoms. The van der Waals surface area contributed by atoms with Gasteiger partial charge in [-0.25, -0.2) is 0 Å². The highest BCUT2D eigenvalue weighted by Gasteiger charge is 2.31. The van der Waals surface area contributed by atoms with Crippen molar-refractivity contribution < 1.29 is 4.79 Å². The van der Waals surface area contributed by atoms with E-state index in [2.05, 4.69) is 41.2 Å². The zero-order valence-electron chi connectivity index (χ0n) is 13.7. The first-order chi connectivity index (χ1) is 10.1. The fraction of sp³-hybridized carbons (Fsp3) is 0.933. The minimum absolute atomic E-state index is 0.0190. The molecular formula is C15H30N4OS. The number of nitrogens with zero attached hydrogens (tertiary/aromatic N) is 3. The predicted molar refractivity (Wildman–Crippen MR) is 89.9 cm³/mol. The number of likely N-dealkylation sites (N-methyl/N-ethyl adjacent to an activating group) is 1. The van der Waals surface area contributed by atoms with E-state index in [9.17, 15) is 4.79 Å². The summed E-state index contributed by atoms with van der Waals surface area (Å²) in [6, 6.07) is 0.438. The first-order valence-electron chi connectivity index (χ1n) is 8.03. The third-order valence-corrected chi connectivity index (χ3v) is 5.48. The molecule has 2 aliphatic rings. The average Bonchev–Trinajstić information content (AvgIpc) is 2.49. The molecule has 1 amide bonds. The summed E-state index contributed by atoms with van der Waals surface area (Å²) in [6.45, 7) is 4.95. The number of likely N-dealkylation sites (tertiary alicyclic amines) is 1. The molecule has 1 atom stereocenters. The number of thioether (sulfide) groups is 1. The highest BCUT2D eigenvalue weighted by molar-refractivity contribution is 7.99. The van der Waals surface area contributed by atoms with E-state index < -0.39 is 0 Å². The highest BCUT2D eigenvalue weighted by atomic mass is 32.2. The molecule has 2 heterocycles. The Kier molecular flexibility index (Phi) is 6.79. The van der Waals surface area contributed by atoms with E-state index >= 15 is 0 Å². The largest absolute Gasteiger partial charge is 0.337 e. The van der Waals surface area contributed by atoms with Crippen LogP contribution in [0.2, 0.25) is 0 Å². The zero-order chi connectivity index (χ0) is 15.2. The van der Waals surface area contributed by atoms with E-state index in [4.69, 9.17) is 0 Å². The summed E-state index contributed by atoms with van der Waals surface area (Å²) in [5.74, 6) is 2.36. The Morgan fingerprint density at radius 3 is 2.57 bits per heavy atom. The SMILES string of the molecule is CN(C)CCN(C(=O)C1CSCCN1)C1CCN(C)CC1. The lowest BCUT2D eigenvalue weighted by Gasteiger charge is -2.40. The van der Waals surface area contributed by atoms with E-state index in [0.717, 1.165) is 57.1 Å². The number of nitrogens with one attached hydrogen (secondary N) is 1. The van der Waals surface area contributed by atoms with Crippen LogP contribution in [0.5, 0.6) is 0 Å². The third-order valence-electron chi connectivity index (χ3n) is 4.42. The van der Waals surface area contributed by atoms with E-state index in [-0.39, 0.29) is 6.04 Å². The molecule has 0 aromatic carbocycles. The zero-order valence-corrected chi connectivity index (χ0v) is 14.5. The van der Waals surface area contributed by atoms with Crippen LogP contribution in [0.3, 0.4) is 0 Å². The van der Waals surface area contributed by atoms with Crippen LogP contribution in [-0.2, 0) is 4.79 Å². The first kappa shape index (κ1) is 17.1. The van der Waals surface area contributed by atoms with Crippen LogP contribution in [0.1, 0.15) is 12.8 Å². The summed E-state index contributed by atoms with van der Waals surface area (Å²) in [7, 11) is 6.32. The van der Waals surface area contributed by atoms with E-state index in [0.29, 0.717) is 11.9 Å². The number of hydrogen-bond acceptors (Lipinski definition) is 5. The van der Waals surface area contributed by atoms with Crippen molar-refractivity contribution in [2.75, 3.05) is 65.4 Å². The lowest BCUT2D eigenvalue weighted by Crippen LogP contribution is -2.56. The minimum Gasteiger partial charge on any atom is -0.337 e. The van der Waals surface area contributed by atoms with E-state index in [1.165, 1.54) is 0 Å². The topological polar surface area (TPSA) is 38.8 Å². The molecule has 0 aromatic rings. The maximum absolute atomic E-state index is 12.9. The van der Waals surface area contributed by atoms with Gasteiger partial charge in [0.15, 0.2) is 0 Å². The average molecular weight is 314 g/mol. The Morgan fingerprint density at radius 2 is 2.00 bits per heavy atom. The summed E-state index contributed by atoms with van der Waals surface area (Å²) in [4.78, 5) is 19.6. The van der Waals surface area contributed by atoms with Crippen molar-refractivity contribution in [1.29, 1.82) is 0 Å². The highest BCUT2D eigenvalue weighted by Crippen LogP contribution is 2.18. The van der Waals surface area contributed by atoms with Gasteiger partial charge in [0.2, 0.25) is 5.91 Å². The summed E-state index contributed by atoms with van der Waals surface area (Å²) >= 11 is 1.89. The molecule has 1 N–H and O–H groups in total. The lowest BCUT2D eigenvalue weighted by molar-refractivity contribution is -0.136. The monoisotopic (exact) mass is 314 g/mol. The van der Waals surface area contributed by atoms with Crippen molar-refractivity contribution in [3.8, 4) is 0 Å². The maximum Gasteiger partial charge on any atom is 0.240 e. The van der Waals surface area contributed by atoms with Gasteiger partial charge in [-0.2, -0.15) is 11.8 Å². The van der Waals surface area contributed by atoms with Crippen molar-refractivity contribution >= 4 is 17.7 Å².